The van der Waals surface area contributed by atoms with E-state index in [0.717, 1.165) is 31.2 Å². The van der Waals surface area contributed by atoms with Crippen molar-refractivity contribution in [2.45, 2.75) is 57.5 Å². The summed E-state index contributed by atoms with van der Waals surface area (Å²) < 4.78 is 0. The Morgan fingerprint density at radius 3 is 2.37 bits per heavy atom. The van der Waals surface area contributed by atoms with Crippen molar-refractivity contribution in [1.29, 1.82) is 0 Å². The van der Waals surface area contributed by atoms with E-state index in [1.165, 1.54) is 68.7 Å². The summed E-state index contributed by atoms with van der Waals surface area (Å²) in [5.74, 6) is 2.14. The van der Waals surface area contributed by atoms with E-state index in [-0.39, 0.29) is 5.91 Å². The molecule has 148 valence electrons. The molecule has 0 bridgehead atoms. The van der Waals surface area contributed by atoms with Gasteiger partial charge in [0, 0.05) is 30.4 Å². The lowest BCUT2D eigenvalue weighted by Crippen LogP contribution is -3.15. The number of benzene rings is 1. The van der Waals surface area contributed by atoms with Gasteiger partial charge in [-0.15, -0.1) is 0 Å². The fraction of sp³-hybridized carbons (Fsp3) is 0.696. The molecule has 3 aliphatic rings. The molecule has 1 aromatic rings. The van der Waals surface area contributed by atoms with E-state index in [1.807, 2.05) is 0 Å². The lowest BCUT2D eigenvalue weighted by Gasteiger charge is -2.38. The zero-order chi connectivity index (χ0) is 18.5. The van der Waals surface area contributed by atoms with Gasteiger partial charge >= 0.3 is 0 Å². The highest BCUT2D eigenvalue weighted by Crippen LogP contribution is 2.32. The molecule has 4 rings (SSSR count). The molecule has 1 unspecified atom stereocenters. The molecule has 2 heterocycles. The Bertz CT molecular complexity index is 597. The van der Waals surface area contributed by atoms with Crippen molar-refractivity contribution < 1.29 is 14.6 Å². The molecule has 1 aromatic carbocycles. The Morgan fingerprint density at radius 2 is 1.59 bits per heavy atom. The molecule has 0 radical (unpaired) electrons. The summed E-state index contributed by atoms with van der Waals surface area (Å²) in [7, 11) is 0. The first-order valence-corrected chi connectivity index (χ1v) is 11.3. The Hall–Kier alpha value is -1.39. The van der Waals surface area contributed by atoms with Crippen molar-refractivity contribution in [2.24, 2.45) is 11.8 Å². The highest BCUT2D eigenvalue weighted by Gasteiger charge is 2.34. The topological polar surface area (TPSA) is 38.0 Å². The van der Waals surface area contributed by atoms with E-state index in [2.05, 4.69) is 35.6 Å². The number of amides is 1. The molecule has 2 saturated heterocycles. The van der Waals surface area contributed by atoms with Crippen molar-refractivity contribution in [3.63, 3.8) is 0 Å². The first kappa shape index (κ1) is 18.9. The van der Waals surface area contributed by atoms with E-state index in [9.17, 15) is 4.79 Å². The van der Waals surface area contributed by atoms with Crippen LogP contribution in [-0.2, 0) is 11.3 Å². The van der Waals surface area contributed by atoms with E-state index in [1.54, 1.807) is 4.90 Å². The average Bonchev–Trinajstić information content (AvgIpc) is 2.70. The normalized spacial score (nSPS) is 33.9. The fourth-order valence-corrected chi connectivity index (χ4v) is 5.69. The van der Waals surface area contributed by atoms with Crippen LogP contribution in [0.2, 0.25) is 0 Å². The molecule has 3 fully saturated rings. The van der Waals surface area contributed by atoms with Gasteiger partial charge in [-0.3, -0.25) is 4.79 Å². The molecule has 4 nitrogen and oxygen atoms in total. The largest absolute Gasteiger partial charge is 0.348 e. The predicted octanol–water partition coefficient (Wildman–Crippen LogP) is 0.445. The molecule has 3 atom stereocenters. The molecule has 4 heteroatoms. The molecule has 27 heavy (non-hydrogen) atoms. The van der Waals surface area contributed by atoms with Crippen LogP contribution in [0.3, 0.4) is 0 Å². The molecule has 1 amide bonds. The van der Waals surface area contributed by atoms with E-state index in [4.69, 9.17) is 0 Å². The summed E-state index contributed by atoms with van der Waals surface area (Å²) >= 11 is 0. The second-order valence-corrected chi connectivity index (χ2v) is 9.23. The van der Waals surface area contributed by atoms with Gasteiger partial charge in [0.15, 0.2) is 6.54 Å². The van der Waals surface area contributed by atoms with Gasteiger partial charge in [0.25, 0.3) is 5.91 Å². The van der Waals surface area contributed by atoms with E-state index >= 15 is 0 Å². The van der Waals surface area contributed by atoms with Gasteiger partial charge < -0.3 is 15.1 Å². The van der Waals surface area contributed by atoms with Crippen LogP contribution in [0.15, 0.2) is 30.3 Å². The van der Waals surface area contributed by atoms with Crippen LogP contribution in [0.1, 0.15) is 50.5 Å². The number of likely N-dealkylation sites (tertiary alicyclic amines) is 2. The van der Waals surface area contributed by atoms with Crippen LogP contribution < -0.4 is 15.1 Å². The second kappa shape index (κ2) is 9.20. The quantitative estimate of drug-likeness (QED) is 0.691. The number of hydrogen-bond acceptors (Lipinski definition) is 1. The van der Waals surface area contributed by atoms with Crippen LogP contribution in [0.5, 0.6) is 0 Å². The Kier molecular flexibility index (Phi) is 6.46. The third-order valence-corrected chi connectivity index (χ3v) is 7.25. The van der Waals surface area contributed by atoms with Gasteiger partial charge in [-0.1, -0.05) is 43.2 Å². The number of fused-ring (bicyclic) bond motifs is 1. The first-order valence-electron chi connectivity index (χ1n) is 11.3. The smallest absolute Gasteiger partial charge is 0.275 e. The Balaban J connectivity index is 1.16. The number of piperidine rings is 2. The monoisotopic (exact) mass is 371 g/mol. The maximum absolute atomic E-state index is 12.6. The molecule has 0 aromatic heterocycles. The van der Waals surface area contributed by atoms with Crippen LogP contribution in [-0.4, -0.2) is 44.7 Å². The Morgan fingerprint density at radius 1 is 0.889 bits per heavy atom. The number of carbonyl (C=O) groups excluding carboxylic acids is 1. The zero-order valence-corrected chi connectivity index (χ0v) is 16.7. The van der Waals surface area contributed by atoms with Crippen LogP contribution in [0, 0.1) is 11.8 Å². The number of carbonyl (C=O) groups is 1. The molecule has 1 aliphatic carbocycles. The van der Waals surface area contributed by atoms with Gasteiger partial charge in [0.2, 0.25) is 0 Å². The zero-order valence-electron chi connectivity index (χ0n) is 16.7. The van der Waals surface area contributed by atoms with Gasteiger partial charge in [-0.05, 0) is 25.2 Å². The molecular weight excluding hydrogens is 334 g/mol. The van der Waals surface area contributed by atoms with Gasteiger partial charge in [0.05, 0.1) is 26.2 Å². The molecule has 1 saturated carbocycles. The first-order chi connectivity index (χ1) is 13.3. The van der Waals surface area contributed by atoms with Crippen molar-refractivity contribution in [3.8, 4) is 0 Å². The predicted molar refractivity (Wildman–Crippen MR) is 108 cm³/mol. The van der Waals surface area contributed by atoms with Crippen LogP contribution >= 0.6 is 0 Å². The van der Waals surface area contributed by atoms with E-state index in [0.29, 0.717) is 12.6 Å². The highest BCUT2D eigenvalue weighted by molar-refractivity contribution is 5.77. The summed E-state index contributed by atoms with van der Waals surface area (Å²) in [5.41, 5.74) is 1.42. The van der Waals surface area contributed by atoms with Crippen molar-refractivity contribution in [1.82, 2.24) is 5.32 Å². The molecule has 2 aliphatic heterocycles. The minimum absolute atomic E-state index is 0.288. The number of quaternary nitrogens is 2. The number of hydrogen-bond donors (Lipinski definition) is 3. The summed E-state index contributed by atoms with van der Waals surface area (Å²) in [6.45, 7) is 6.58. The Labute approximate surface area is 164 Å². The summed E-state index contributed by atoms with van der Waals surface area (Å²) in [5, 5.41) is 3.35. The minimum atomic E-state index is 0.288. The second-order valence-electron chi connectivity index (χ2n) is 9.23. The molecule has 3 N–H and O–H groups in total. The maximum atomic E-state index is 12.6. The average molecular weight is 372 g/mol. The summed E-state index contributed by atoms with van der Waals surface area (Å²) in [4.78, 5) is 15.8. The lowest BCUT2D eigenvalue weighted by atomic mass is 9.75. The number of rotatable bonds is 5. The summed E-state index contributed by atoms with van der Waals surface area (Å²) in [6.07, 6.45) is 9.26. The highest BCUT2D eigenvalue weighted by atomic mass is 16.2. The van der Waals surface area contributed by atoms with Gasteiger partial charge in [0.1, 0.15) is 6.54 Å². The third-order valence-electron chi connectivity index (χ3n) is 7.25. The fourth-order valence-electron chi connectivity index (χ4n) is 5.69. The lowest BCUT2D eigenvalue weighted by molar-refractivity contribution is -0.918. The number of nitrogens with one attached hydrogen (secondary N) is 3. The van der Waals surface area contributed by atoms with Crippen LogP contribution in [0.4, 0.5) is 0 Å². The van der Waals surface area contributed by atoms with Gasteiger partial charge in [-0.2, -0.15) is 0 Å². The summed E-state index contributed by atoms with van der Waals surface area (Å²) in [6, 6.07) is 11.2. The minimum Gasteiger partial charge on any atom is -0.348 e. The SMILES string of the molecule is O=C(C[NH+]1CC[C@H]2CCCC[C@@H]2C1)NC1CC[NH+](Cc2ccccc2)CC1. The third kappa shape index (κ3) is 5.32. The van der Waals surface area contributed by atoms with Crippen LogP contribution in [0.25, 0.3) is 0 Å². The molecule has 0 spiro atoms. The van der Waals surface area contributed by atoms with Crippen molar-refractivity contribution in [2.75, 3.05) is 32.7 Å². The maximum Gasteiger partial charge on any atom is 0.275 e. The molecular formula is C23H37N3O+2. The van der Waals surface area contributed by atoms with Crippen molar-refractivity contribution >= 4 is 5.91 Å². The van der Waals surface area contributed by atoms with E-state index < -0.39 is 0 Å². The van der Waals surface area contributed by atoms with Gasteiger partial charge in [-0.25, -0.2) is 0 Å². The van der Waals surface area contributed by atoms with Crippen molar-refractivity contribution in [3.05, 3.63) is 35.9 Å². The standard InChI is InChI=1S/C23H35N3O/c27-23(18-26-13-10-20-8-4-5-9-21(20)17-26)24-22-11-14-25(15-12-22)16-19-6-2-1-3-7-19/h1-3,6-7,20-22H,4-5,8-18H2,(H,24,27)/p+2/t20-,21-/m1/s1.